The fraction of sp³-hybridized carbons (Fsp3) is 0.385. The Balaban J connectivity index is 1.68. The summed E-state index contributed by atoms with van der Waals surface area (Å²) in [4.78, 5) is 49.9. The van der Waals surface area contributed by atoms with E-state index in [1.54, 1.807) is 68.7 Å². The molecule has 0 heterocycles. The smallest absolute Gasteiger partial charge is 0.326 e. The predicted octanol–water partition coefficient (Wildman–Crippen LogP) is 4.31. The molecule has 0 saturated heterocycles. The number of amides is 3. The first kappa shape index (κ1) is 28.4. The topological polar surface area (TPSA) is 145 Å². The molecular weight excluding hydrogens is 521 g/mol. The van der Waals surface area contributed by atoms with Crippen LogP contribution >= 0.6 is 23.2 Å². The molecule has 11 heteroatoms. The number of hydrogen-bond acceptors (Lipinski definition) is 5. The zero-order valence-electron chi connectivity index (χ0n) is 20.6. The lowest BCUT2D eigenvalue weighted by molar-refractivity contribution is -0.148. The van der Waals surface area contributed by atoms with Crippen molar-refractivity contribution in [2.75, 3.05) is 5.32 Å². The third-order valence-electron chi connectivity index (χ3n) is 7.60. The number of hydroxylamine groups is 1. The minimum atomic E-state index is -1.20. The van der Waals surface area contributed by atoms with Gasteiger partial charge >= 0.3 is 5.97 Å². The molecule has 3 amide bonds. The van der Waals surface area contributed by atoms with E-state index in [2.05, 4.69) is 10.6 Å². The molecule has 3 rings (SSSR count). The van der Waals surface area contributed by atoms with Crippen LogP contribution < -0.4 is 16.1 Å². The minimum absolute atomic E-state index is 0.00713. The average molecular weight is 550 g/mol. The number of nitrogens with one attached hydrogen (secondary N) is 3. The Hall–Kier alpha value is -3.14. The van der Waals surface area contributed by atoms with Gasteiger partial charge in [-0.3, -0.25) is 19.6 Å². The minimum Gasteiger partial charge on any atom is -0.480 e. The van der Waals surface area contributed by atoms with E-state index in [-0.39, 0.29) is 22.0 Å². The lowest BCUT2D eigenvalue weighted by atomic mass is 9.65. The Morgan fingerprint density at radius 2 is 1.62 bits per heavy atom. The molecule has 0 aliphatic heterocycles. The van der Waals surface area contributed by atoms with Gasteiger partial charge in [-0.25, -0.2) is 10.3 Å². The number of carboxylic acid groups (broad SMARTS) is 1. The summed E-state index contributed by atoms with van der Waals surface area (Å²) < 4.78 is 0. The highest BCUT2D eigenvalue weighted by Crippen LogP contribution is 2.56. The highest BCUT2D eigenvalue weighted by atomic mass is 35.5. The molecule has 1 saturated carbocycles. The Labute approximate surface area is 224 Å². The van der Waals surface area contributed by atoms with Gasteiger partial charge in [0.25, 0.3) is 5.91 Å². The van der Waals surface area contributed by atoms with Gasteiger partial charge in [0.15, 0.2) is 0 Å². The van der Waals surface area contributed by atoms with Crippen LogP contribution in [0.1, 0.15) is 49.5 Å². The van der Waals surface area contributed by atoms with Crippen LogP contribution in [0, 0.1) is 16.7 Å². The molecular formula is C26H29Cl2N3O6. The van der Waals surface area contributed by atoms with E-state index < -0.39 is 46.5 Å². The summed E-state index contributed by atoms with van der Waals surface area (Å²) in [6, 6.07) is 10.0. The molecule has 37 heavy (non-hydrogen) atoms. The molecule has 5 N–H and O–H groups in total. The van der Waals surface area contributed by atoms with E-state index >= 15 is 0 Å². The van der Waals surface area contributed by atoms with Crippen LogP contribution in [0.4, 0.5) is 5.69 Å². The second-order valence-electron chi connectivity index (χ2n) is 9.94. The zero-order chi connectivity index (χ0) is 27.5. The Bertz CT molecular complexity index is 1200. The fourth-order valence-corrected chi connectivity index (χ4v) is 5.40. The summed E-state index contributed by atoms with van der Waals surface area (Å²) in [5.41, 5.74) is 1.09. The van der Waals surface area contributed by atoms with Crippen LogP contribution in [-0.4, -0.2) is 40.0 Å². The molecule has 1 aliphatic carbocycles. The number of halogens is 2. The first-order chi connectivity index (χ1) is 17.3. The summed E-state index contributed by atoms with van der Waals surface area (Å²) in [7, 11) is 0. The maximum absolute atomic E-state index is 13.1. The lowest BCUT2D eigenvalue weighted by Crippen LogP contribution is -2.51. The van der Waals surface area contributed by atoms with Crippen LogP contribution in [-0.2, 0) is 20.8 Å². The fourth-order valence-electron chi connectivity index (χ4n) is 4.83. The van der Waals surface area contributed by atoms with Crippen LogP contribution in [0.5, 0.6) is 0 Å². The average Bonchev–Trinajstić information content (AvgIpc) is 3.08. The van der Waals surface area contributed by atoms with Crippen LogP contribution in [0.25, 0.3) is 0 Å². The van der Waals surface area contributed by atoms with Gasteiger partial charge in [-0.1, -0.05) is 62.2 Å². The molecule has 0 unspecified atom stereocenters. The third kappa shape index (κ3) is 5.74. The zero-order valence-corrected chi connectivity index (χ0v) is 22.1. The standard InChI is InChI=1S/C26H29Cl2N3O6/c1-25(2)16(11-12-26(25,3)24(36)31-37)21(32)30-19(23(34)35)13-14-7-9-15(10-8-14)29-22(33)20-17(27)5-4-6-18(20)28/h4-10,16,19,37H,11-13H2,1-3H3,(H,29,33)(H,30,32)(H,31,36)(H,34,35)/t16-,19-,26+/m0/s1. The van der Waals surface area contributed by atoms with Gasteiger partial charge in [0.2, 0.25) is 11.8 Å². The maximum Gasteiger partial charge on any atom is 0.326 e. The van der Waals surface area contributed by atoms with Crippen LogP contribution in [0.2, 0.25) is 10.0 Å². The van der Waals surface area contributed by atoms with E-state index in [1.165, 1.54) is 0 Å². The number of carbonyl (C=O) groups is 4. The molecule has 198 valence electrons. The molecule has 9 nitrogen and oxygen atoms in total. The van der Waals surface area contributed by atoms with Gasteiger partial charge < -0.3 is 15.7 Å². The lowest BCUT2D eigenvalue weighted by Gasteiger charge is -2.39. The summed E-state index contributed by atoms with van der Waals surface area (Å²) in [5, 5.41) is 24.6. The monoisotopic (exact) mass is 549 g/mol. The van der Waals surface area contributed by atoms with Crippen molar-refractivity contribution >= 4 is 52.6 Å². The Morgan fingerprint density at radius 3 is 2.16 bits per heavy atom. The van der Waals surface area contributed by atoms with Crippen molar-refractivity contribution in [3.8, 4) is 0 Å². The molecule has 2 aromatic rings. The number of carboxylic acids is 1. The van der Waals surface area contributed by atoms with Crippen molar-refractivity contribution in [2.45, 2.75) is 46.1 Å². The van der Waals surface area contributed by atoms with Crippen molar-refractivity contribution in [3.63, 3.8) is 0 Å². The van der Waals surface area contributed by atoms with Crippen molar-refractivity contribution in [1.29, 1.82) is 0 Å². The number of anilines is 1. The van der Waals surface area contributed by atoms with Gasteiger partial charge in [-0.2, -0.15) is 0 Å². The van der Waals surface area contributed by atoms with Gasteiger partial charge in [-0.05, 0) is 48.1 Å². The Kier molecular flexibility index (Phi) is 8.52. The summed E-state index contributed by atoms with van der Waals surface area (Å²) >= 11 is 12.2. The molecule has 3 atom stereocenters. The number of rotatable bonds is 8. The SMILES string of the molecule is CC1(C)[C@H](C(=O)N[C@@H](Cc2ccc(NC(=O)c3c(Cl)cccc3Cl)cc2)C(=O)O)CC[C@]1(C)C(=O)NO. The van der Waals surface area contributed by atoms with Gasteiger partial charge in [-0.15, -0.1) is 0 Å². The molecule has 0 radical (unpaired) electrons. The van der Waals surface area contributed by atoms with E-state index in [9.17, 15) is 24.3 Å². The van der Waals surface area contributed by atoms with E-state index in [1.807, 2.05) is 0 Å². The number of benzene rings is 2. The summed E-state index contributed by atoms with van der Waals surface area (Å²) in [6.45, 7) is 5.21. The first-order valence-electron chi connectivity index (χ1n) is 11.6. The summed E-state index contributed by atoms with van der Waals surface area (Å²) in [6.07, 6.45) is 0.751. The van der Waals surface area contributed by atoms with E-state index in [0.29, 0.717) is 24.1 Å². The molecule has 0 spiro atoms. The molecule has 0 aromatic heterocycles. The third-order valence-corrected chi connectivity index (χ3v) is 8.23. The first-order valence-corrected chi connectivity index (χ1v) is 12.4. The second-order valence-corrected chi connectivity index (χ2v) is 10.8. The number of hydrogen-bond donors (Lipinski definition) is 5. The molecule has 2 aromatic carbocycles. The van der Waals surface area contributed by atoms with E-state index in [4.69, 9.17) is 28.4 Å². The Morgan fingerprint density at radius 1 is 1.03 bits per heavy atom. The second kappa shape index (κ2) is 11.1. The summed E-state index contributed by atoms with van der Waals surface area (Å²) in [5.74, 6) is -3.35. The largest absolute Gasteiger partial charge is 0.480 e. The predicted molar refractivity (Wildman–Crippen MR) is 139 cm³/mol. The van der Waals surface area contributed by atoms with Gasteiger partial charge in [0, 0.05) is 18.0 Å². The van der Waals surface area contributed by atoms with Crippen molar-refractivity contribution in [3.05, 3.63) is 63.6 Å². The maximum atomic E-state index is 13.1. The normalized spacial score (nSPS) is 21.1. The molecule has 0 bridgehead atoms. The van der Waals surface area contributed by atoms with Crippen molar-refractivity contribution in [2.24, 2.45) is 16.7 Å². The van der Waals surface area contributed by atoms with Gasteiger partial charge in [0.1, 0.15) is 6.04 Å². The quantitative estimate of drug-likeness (QED) is 0.245. The number of carbonyl (C=O) groups excluding carboxylic acids is 3. The molecule has 1 aliphatic rings. The van der Waals surface area contributed by atoms with Crippen LogP contribution in [0.3, 0.4) is 0 Å². The van der Waals surface area contributed by atoms with E-state index in [0.717, 1.165) is 0 Å². The highest BCUT2D eigenvalue weighted by molar-refractivity contribution is 6.40. The molecule has 1 fully saturated rings. The van der Waals surface area contributed by atoms with Crippen molar-refractivity contribution in [1.82, 2.24) is 10.8 Å². The van der Waals surface area contributed by atoms with Crippen molar-refractivity contribution < 1.29 is 29.5 Å². The highest BCUT2D eigenvalue weighted by Gasteiger charge is 2.58. The van der Waals surface area contributed by atoms with Gasteiger partial charge in [0.05, 0.1) is 21.0 Å². The van der Waals surface area contributed by atoms with Crippen LogP contribution in [0.15, 0.2) is 42.5 Å². The number of aliphatic carboxylic acids is 1.